The van der Waals surface area contributed by atoms with Gasteiger partial charge in [-0.15, -0.1) is 5.10 Å². The molecule has 1 aliphatic carbocycles. The highest BCUT2D eigenvalue weighted by Gasteiger charge is 2.30. The van der Waals surface area contributed by atoms with Gasteiger partial charge in [-0.2, -0.15) is 0 Å². The molecule has 7 heteroatoms. The molecule has 1 aromatic heterocycles. The summed E-state index contributed by atoms with van der Waals surface area (Å²) in [7, 11) is -3.65. The Hall–Kier alpha value is -1.89. The van der Waals surface area contributed by atoms with E-state index < -0.39 is 10.0 Å². The minimum atomic E-state index is -3.65. The molecular formula is C11H11N3O3S. The first-order valence-electron chi connectivity index (χ1n) is 5.56. The van der Waals surface area contributed by atoms with Crippen LogP contribution in [0.1, 0.15) is 24.7 Å². The maximum atomic E-state index is 12.0. The van der Waals surface area contributed by atoms with Gasteiger partial charge in [-0.1, -0.05) is 23.3 Å². The Bertz CT molecular complexity index is 647. The van der Waals surface area contributed by atoms with Crippen LogP contribution in [0.5, 0.6) is 0 Å². The van der Waals surface area contributed by atoms with Gasteiger partial charge in [-0.25, -0.2) is 13.1 Å². The van der Waals surface area contributed by atoms with Crippen molar-refractivity contribution < 1.29 is 12.8 Å². The number of sulfonamides is 1. The molecule has 2 aromatic rings. The molecule has 0 bridgehead atoms. The predicted molar refractivity (Wildman–Crippen MR) is 63.5 cm³/mol. The highest BCUT2D eigenvalue weighted by Crippen LogP contribution is 2.39. The van der Waals surface area contributed by atoms with Crippen LogP contribution >= 0.6 is 0 Å². The van der Waals surface area contributed by atoms with Crippen LogP contribution in [0.15, 0.2) is 39.6 Å². The number of hydrogen-bond acceptors (Lipinski definition) is 5. The van der Waals surface area contributed by atoms with Gasteiger partial charge in [0.2, 0.25) is 5.89 Å². The van der Waals surface area contributed by atoms with Gasteiger partial charge in [-0.3, -0.25) is 0 Å². The number of aromatic nitrogens is 2. The van der Waals surface area contributed by atoms with Gasteiger partial charge >= 0.3 is 6.01 Å². The van der Waals surface area contributed by atoms with Crippen LogP contribution < -0.4 is 4.72 Å². The molecule has 0 saturated heterocycles. The van der Waals surface area contributed by atoms with Crippen molar-refractivity contribution in [1.29, 1.82) is 0 Å². The van der Waals surface area contributed by atoms with E-state index in [1.54, 1.807) is 18.2 Å². The minimum Gasteiger partial charge on any atom is -0.407 e. The van der Waals surface area contributed by atoms with Crippen molar-refractivity contribution in [3.05, 3.63) is 36.2 Å². The smallest absolute Gasteiger partial charge is 0.329 e. The standard InChI is InChI=1S/C11H11N3O3S/c15-18(16,9-4-2-1-3-5-9)14-11-13-12-10(17-11)8-6-7-8/h1-5,8H,6-7H2,(H,13,14). The summed E-state index contributed by atoms with van der Waals surface area (Å²) in [5, 5.41) is 7.49. The molecule has 1 aliphatic rings. The lowest BCUT2D eigenvalue weighted by atomic mass is 10.4. The van der Waals surface area contributed by atoms with E-state index >= 15 is 0 Å². The Labute approximate surface area is 104 Å². The molecule has 0 aliphatic heterocycles. The van der Waals surface area contributed by atoms with Crippen molar-refractivity contribution in [1.82, 2.24) is 10.2 Å². The highest BCUT2D eigenvalue weighted by molar-refractivity contribution is 7.92. The molecule has 1 heterocycles. The van der Waals surface area contributed by atoms with Crippen molar-refractivity contribution in [2.75, 3.05) is 4.72 Å². The highest BCUT2D eigenvalue weighted by atomic mass is 32.2. The number of hydrogen-bond donors (Lipinski definition) is 1. The quantitative estimate of drug-likeness (QED) is 0.910. The molecular weight excluding hydrogens is 254 g/mol. The SMILES string of the molecule is O=S(=O)(Nc1nnc(C2CC2)o1)c1ccccc1. The van der Waals surface area contributed by atoms with E-state index in [1.807, 2.05) is 0 Å². The van der Waals surface area contributed by atoms with Crippen LogP contribution in [-0.4, -0.2) is 18.6 Å². The van der Waals surface area contributed by atoms with Crippen LogP contribution in [0.25, 0.3) is 0 Å². The summed E-state index contributed by atoms with van der Waals surface area (Å²) in [5.41, 5.74) is 0. The average Bonchev–Trinajstić information content (AvgIpc) is 3.12. The zero-order valence-corrected chi connectivity index (χ0v) is 10.2. The molecule has 1 saturated carbocycles. The summed E-state index contributed by atoms with van der Waals surface area (Å²) in [6.45, 7) is 0. The van der Waals surface area contributed by atoms with Gasteiger partial charge in [0.15, 0.2) is 0 Å². The molecule has 1 fully saturated rings. The molecule has 18 heavy (non-hydrogen) atoms. The minimum absolute atomic E-state index is 0.0826. The van der Waals surface area contributed by atoms with Crippen molar-refractivity contribution in [3.8, 4) is 0 Å². The number of nitrogens with one attached hydrogen (secondary N) is 1. The first kappa shape index (κ1) is 11.2. The topological polar surface area (TPSA) is 85.1 Å². The van der Waals surface area contributed by atoms with Crippen LogP contribution in [0.3, 0.4) is 0 Å². The van der Waals surface area contributed by atoms with E-state index in [0.717, 1.165) is 12.8 Å². The summed E-state index contributed by atoms with van der Waals surface area (Å²) >= 11 is 0. The summed E-state index contributed by atoms with van der Waals surface area (Å²) in [5.74, 6) is 0.799. The Morgan fingerprint density at radius 3 is 2.56 bits per heavy atom. The van der Waals surface area contributed by atoms with E-state index in [4.69, 9.17) is 4.42 Å². The molecule has 0 spiro atoms. The fraction of sp³-hybridized carbons (Fsp3) is 0.273. The third kappa shape index (κ3) is 2.21. The molecule has 0 atom stereocenters. The van der Waals surface area contributed by atoms with E-state index in [0.29, 0.717) is 11.8 Å². The second-order valence-electron chi connectivity index (χ2n) is 4.14. The second-order valence-corrected chi connectivity index (χ2v) is 5.82. The van der Waals surface area contributed by atoms with E-state index in [1.165, 1.54) is 12.1 Å². The predicted octanol–water partition coefficient (Wildman–Crippen LogP) is 1.75. The third-order valence-electron chi connectivity index (χ3n) is 2.64. The maximum absolute atomic E-state index is 12.0. The van der Waals surface area contributed by atoms with Crippen LogP contribution in [0, 0.1) is 0 Å². The second kappa shape index (κ2) is 4.09. The lowest BCUT2D eigenvalue weighted by molar-refractivity contribution is 0.510. The zero-order valence-electron chi connectivity index (χ0n) is 9.41. The van der Waals surface area contributed by atoms with Crippen LogP contribution in [-0.2, 0) is 10.0 Å². The number of nitrogens with zero attached hydrogens (tertiary/aromatic N) is 2. The fourth-order valence-corrected chi connectivity index (χ4v) is 2.49. The van der Waals surface area contributed by atoms with E-state index in [2.05, 4.69) is 14.9 Å². The van der Waals surface area contributed by atoms with Crippen LogP contribution in [0.2, 0.25) is 0 Å². The van der Waals surface area contributed by atoms with Gasteiger partial charge in [-0.05, 0) is 25.0 Å². The molecule has 6 nitrogen and oxygen atoms in total. The number of rotatable bonds is 4. The zero-order chi connectivity index (χ0) is 12.6. The summed E-state index contributed by atoms with van der Waals surface area (Å²) < 4.78 is 31.4. The van der Waals surface area contributed by atoms with Crippen molar-refractivity contribution in [2.45, 2.75) is 23.7 Å². The molecule has 0 amide bonds. The van der Waals surface area contributed by atoms with Gasteiger partial charge in [0, 0.05) is 5.92 Å². The van der Waals surface area contributed by atoms with Crippen molar-refractivity contribution in [3.63, 3.8) is 0 Å². The number of benzene rings is 1. The van der Waals surface area contributed by atoms with Crippen LogP contribution in [0.4, 0.5) is 6.01 Å². The largest absolute Gasteiger partial charge is 0.407 e. The lowest BCUT2D eigenvalue weighted by Crippen LogP contribution is -2.12. The Morgan fingerprint density at radius 2 is 1.89 bits per heavy atom. The van der Waals surface area contributed by atoms with Gasteiger partial charge in [0.05, 0.1) is 4.90 Å². The fourth-order valence-electron chi connectivity index (χ4n) is 1.54. The molecule has 3 rings (SSSR count). The molecule has 0 radical (unpaired) electrons. The first-order valence-corrected chi connectivity index (χ1v) is 7.05. The molecule has 0 unspecified atom stereocenters. The normalized spacial score (nSPS) is 15.6. The average molecular weight is 265 g/mol. The van der Waals surface area contributed by atoms with Gasteiger partial charge in [0.1, 0.15) is 0 Å². The Kier molecular flexibility index (Phi) is 2.55. The molecule has 1 N–H and O–H groups in total. The maximum Gasteiger partial charge on any atom is 0.329 e. The van der Waals surface area contributed by atoms with E-state index in [9.17, 15) is 8.42 Å². The summed E-state index contributed by atoms with van der Waals surface area (Å²) in [4.78, 5) is 0.163. The van der Waals surface area contributed by atoms with Gasteiger partial charge < -0.3 is 4.42 Å². The first-order chi connectivity index (χ1) is 8.65. The monoisotopic (exact) mass is 265 g/mol. The lowest BCUT2D eigenvalue weighted by Gasteiger charge is -2.02. The summed E-state index contributed by atoms with van der Waals surface area (Å²) in [6.07, 6.45) is 2.04. The van der Waals surface area contributed by atoms with Crippen molar-refractivity contribution in [2.24, 2.45) is 0 Å². The third-order valence-corrected chi connectivity index (χ3v) is 3.98. The summed E-state index contributed by atoms with van der Waals surface area (Å²) in [6, 6.07) is 7.97. The molecule has 94 valence electrons. The van der Waals surface area contributed by atoms with Gasteiger partial charge in [0.25, 0.3) is 10.0 Å². The Morgan fingerprint density at radius 1 is 1.17 bits per heavy atom. The Balaban J connectivity index is 1.82. The number of anilines is 1. The van der Waals surface area contributed by atoms with E-state index in [-0.39, 0.29) is 10.9 Å². The molecule has 1 aromatic carbocycles. The van der Waals surface area contributed by atoms with Crippen molar-refractivity contribution >= 4 is 16.0 Å².